The Bertz CT molecular complexity index is 880. The fraction of sp³-hybridized carbons (Fsp3) is 0.545. The number of carbonyl (C=O) groups excluding carboxylic acids is 1. The van der Waals surface area contributed by atoms with E-state index in [9.17, 15) is 4.79 Å². The number of pyridine rings is 1. The molecule has 0 unspecified atom stereocenters. The van der Waals surface area contributed by atoms with Gasteiger partial charge in [0.1, 0.15) is 17.3 Å². The molecule has 2 aromatic rings. The van der Waals surface area contributed by atoms with Gasteiger partial charge < -0.3 is 15.0 Å². The van der Waals surface area contributed by atoms with Gasteiger partial charge in [-0.25, -0.2) is 9.97 Å². The molecule has 2 aliphatic carbocycles. The minimum atomic E-state index is 0.0609. The van der Waals surface area contributed by atoms with Crippen LogP contribution in [-0.2, 0) is 17.6 Å². The van der Waals surface area contributed by atoms with Crippen molar-refractivity contribution in [3.05, 3.63) is 29.6 Å². The first kappa shape index (κ1) is 19.6. The van der Waals surface area contributed by atoms with Crippen LogP contribution in [0.5, 0.6) is 5.75 Å². The van der Waals surface area contributed by atoms with Gasteiger partial charge in [-0.05, 0) is 38.2 Å². The lowest BCUT2D eigenvalue weighted by atomic mass is 9.95. The number of ether oxygens (including phenoxy) is 1. The molecular formula is C22H29N5O2. The molecule has 2 aromatic heterocycles. The number of rotatable bonds is 6. The molecule has 2 heterocycles. The fourth-order valence-electron chi connectivity index (χ4n) is 4.31. The monoisotopic (exact) mass is 395 g/mol. The summed E-state index contributed by atoms with van der Waals surface area (Å²) in [4.78, 5) is 28.5. The second-order valence-electron chi connectivity index (χ2n) is 7.99. The first-order valence-corrected chi connectivity index (χ1v) is 10.5. The number of fused-ring (bicyclic) bond motifs is 1. The number of amides is 1. The average Bonchev–Trinajstić information content (AvgIpc) is 3.22. The Morgan fingerprint density at radius 1 is 1.21 bits per heavy atom. The average molecular weight is 396 g/mol. The number of hydrogen-bond acceptors (Lipinski definition) is 6. The van der Waals surface area contributed by atoms with E-state index < -0.39 is 0 Å². The summed E-state index contributed by atoms with van der Waals surface area (Å²) in [6, 6.07) is 3.97. The van der Waals surface area contributed by atoms with E-state index in [2.05, 4.69) is 10.3 Å². The maximum absolute atomic E-state index is 12.6. The van der Waals surface area contributed by atoms with Gasteiger partial charge in [-0.15, -0.1) is 0 Å². The van der Waals surface area contributed by atoms with Crippen LogP contribution in [0.25, 0.3) is 11.5 Å². The van der Waals surface area contributed by atoms with E-state index in [0.717, 1.165) is 54.9 Å². The summed E-state index contributed by atoms with van der Waals surface area (Å²) < 4.78 is 5.31. The molecule has 1 amide bonds. The number of carbonyl (C=O) groups is 1. The summed E-state index contributed by atoms with van der Waals surface area (Å²) >= 11 is 0. The van der Waals surface area contributed by atoms with Crippen LogP contribution in [0.1, 0.15) is 49.8 Å². The highest BCUT2D eigenvalue weighted by molar-refractivity contribution is 5.81. The topological polar surface area (TPSA) is 80.2 Å². The molecule has 7 nitrogen and oxygen atoms in total. The minimum Gasteiger partial charge on any atom is -0.497 e. The van der Waals surface area contributed by atoms with E-state index in [1.165, 1.54) is 19.3 Å². The third-order valence-corrected chi connectivity index (χ3v) is 5.82. The number of aryl methyl sites for hydroxylation is 1. The number of nitrogens with zero attached hydrogens (tertiary/aromatic N) is 4. The summed E-state index contributed by atoms with van der Waals surface area (Å²) in [6.45, 7) is 0.297. The molecule has 1 fully saturated rings. The van der Waals surface area contributed by atoms with Gasteiger partial charge in [-0.2, -0.15) is 0 Å². The zero-order valence-electron chi connectivity index (χ0n) is 17.3. The smallest absolute Gasteiger partial charge is 0.239 e. The van der Waals surface area contributed by atoms with Crippen LogP contribution in [0.2, 0.25) is 0 Å². The van der Waals surface area contributed by atoms with E-state index in [0.29, 0.717) is 24.1 Å². The van der Waals surface area contributed by atoms with Crippen molar-refractivity contribution >= 4 is 11.7 Å². The van der Waals surface area contributed by atoms with Crippen molar-refractivity contribution < 1.29 is 9.53 Å². The van der Waals surface area contributed by atoms with Gasteiger partial charge in [-0.3, -0.25) is 9.78 Å². The molecule has 0 saturated heterocycles. The SMILES string of the molecule is COc1ccnc(-c2nc3c(c(N(C)CC(=O)NC4CCCCC4)n2)CCC3)c1. The molecule has 4 rings (SSSR count). The molecule has 0 spiro atoms. The summed E-state index contributed by atoms with van der Waals surface area (Å²) in [5.74, 6) is 2.21. The first-order chi connectivity index (χ1) is 14.1. The van der Waals surface area contributed by atoms with Crippen LogP contribution >= 0.6 is 0 Å². The summed E-state index contributed by atoms with van der Waals surface area (Å²) in [7, 11) is 3.57. The lowest BCUT2D eigenvalue weighted by Gasteiger charge is -2.25. The van der Waals surface area contributed by atoms with Gasteiger partial charge in [0.2, 0.25) is 5.91 Å². The van der Waals surface area contributed by atoms with Crippen molar-refractivity contribution in [3.8, 4) is 17.3 Å². The highest BCUT2D eigenvalue weighted by atomic mass is 16.5. The van der Waals surface area contributed by atoms with Gasteiger partial charge in [0.25, 0.3) is 0 Å². The third-order valence-electron chi connectivity index (χ3n) is 5.82. The number of aromatic nitrogens is 3. The largest absolute Gasteiger partial charge is 0.497 e. The van der Waals surface area contributed by atoms with Crippen LogP contribution in [0.4, 0.5) is 5.82 Å². The molecule has 7 heteroatoms. The highest BCUT2D eigenvalue weighted by Gasteiger charge is 2.24. The Kier molecular flexibility index (Phi) is 5.92. The summed E-state index contributed by atoms with van der Waals surface area (Å²) in [5, 5.41) is 3.20. The zero-order valence-corrected chi connectivity index (χ0v) is 17.3. The molecule has 1 N–H and O–H groups in total. The quantitative estimate of drug-likeness (QED) is 0.810. The first-order valence-electron chi connectivity index (χ1n) is 10.5. The number of anilines is 1. The van der Waals surface area contributed by atoms with Crippen molar-refractivity contribution in [1.29, 1.82) is 0 Å². The van der Waals surface area contributed by atoms with Gasteiger partial charge in [0, 0.05) is 36.6 Å². The molecule has 0 radical (unpaired) electrons. The molecule has 0 aromatic carbocycles. The highest BCUT2D eigenvalue weighted by Crippen LogP contribution is 2.31. The van der Waals surface area contributed by atoms with E-state index in [1.54, 1.807) is 19.4 Å². The fourth-order valence-corrected chi connectivity index (χ4v) is 4.31. The van der Waals surface area contributed by atoms with Gasteiger partial charge in [-0.1, -0.05) is 19.3 Å². The molecular weight excluding hydrogens is 366 g/mol. The van der Waals surface area contributed by atoms with Crippen LogP contribution in [-0.4, -0.2) is 47.6 Å². The predicted molar refractivity (Wildman–Crippen MR) is 112 cm³/mol. The Morgan fingerprint density at radius 2 is 2.03 bits per heavy atom. The Morgan fingerprint density at radius 3 is 2.83 bits per heavy atom. The van der Waals surface area contributed by atoms with Crippen molar-refractivity contribution in [2.75, 3.05) is 25.6 Å². The lowest BCUT2D eigenvalue weighted by Crippen LogP contribution is -2.42. The standard InChI is InChI=1S/C22H29N5O2/c1-27(14-20(28)24-15-7-4-3-5-8-15)22-17-9-6-10-18(17)25-21(26-22)19-13-16(29-2)11-12-23-19/h11-13,15H,3-10,14H2,1-2H3,(H,24,28). The maximum Gasteiger partial charge on any atom is 0.239 e. The molecule has 154 valence electrons. The second kappa shape index (κ2) is 8.76. The van der Waals surface area contributed by atoms with Crippen LogP contribution in [0, 0.1) is 0 Å². The van der Waals surface area contributed by atoms with E-state index in [4.69, 9.17) is 14.7 Å². The third kappa shape index (κ3) is 4.49. The molecule has 0 aliphatic heterocycles. The van der Waals surface area contributed by atoms with E-state index in [-0.39, 0.29) is 5.91 Å². The predicted octanol–water partition coefficient (Wildman–Crippen LogP) is 2.92. The molecule has 2 aliphatic rings. The number of likely N-dealkylation sites (N-methyl/N-ethyl adjacent to an activating group) is 1. The Hall–Kier alpha value is -2.70. The van der Waals surface area contributed by atoms with E-state index in [1.807, 2.05) is 18.0 Å². The number of nitrogens with one attached hydrogen (secondary N) is 1. The lowest BCUT2D eigenvalue weighted by molar-refractivity contribution is -0.120. The van der Waals surface area contributed by atoms with Gasteiger partial charge in [0.05, 0.1) is 13.7 Å². The summed E-state index contributed by atoms with van der Waals surface area (Å²) in [6.07, 6.45) is 10.5. The van der Waals surface area contributed by atoms with Crippen LogP contribution < -0.4 is 15.0 Å². The molecule has 0 atom stereocenters. The summed E-state index contributed by atoms with van der Waals surface area (Å²) in [5.41, 5.74) is 2.90. The van der Waals surface area contributed by atoms with Gasteiger partial charge in [0.15, 0.2) is 5.82 Å². The Labute approximate surface area is 171 Å². The molecule has 0 bridgehead atoms. The maximum atomic E-state index is 12.6. The number of methoxy groups -OCH3 is 1. The van der Waals surface area contributed by atoms with Crippen LogP contribution in [0.15, 0.2) is 18.3 Å². The van der Waals surface area contributed by atoms with Crippen molar-refractivity contribution in [2.45, 2.75) is 57.4 Å². The molecule has 1 saturated carbocycles. The Balaban J connectivity index is 1.55. The zero-order chi connectivity index (χ0) is 20.2. The normalized spacial score (nSPS) is 16.3. The number of hydrogen-bond donors (Lipinski definition) is 1. The van der Waals surface area contributed by atoms with Crippen LogP contribution in [0.3, 0.4) is 0 Å². The second-order valence-corrected chi connectivity index (χ2v) is 7.99. The molecule has 29 heavy (non-hydrogen) atoms. The van der Waals surface area contributed by atoms with E-state index >= 15 is 0 Å². The van der Waals surface area contributed by atoms with Crippen molar-refractivity contribution in [3.63, 3.8) is 0 Å². The minimum absolute atomic E-state index is 0.0609. The van der Waals surface area contributed by atoms with Crippen molar-refractivity contribution in [1.82, 2.24) is 20.3 Å². The van der Waals surface area contributed by atoms with Crippen molar-refractivity contribution in [2.24, 2.45) is 0 Å². The van der Waals surface area contributed by atoms with Gasteiger partial charge >= 0.3 is 0 Å².